The summed E-state index contributed by atoms with van der Waals surface area (Å²) in [7, 11) is 0. The number of aromatic nitrogens is 1. The molecule has 1 heterocycles. The molecular weight excluding hydrogens is 285 g/mol. The van der Waals surface area contributed by atoms with Crippen molar-refractivity contribution in [2.45, 2.75) is 25.6 Å². The molecule has 2 aromatic rings. The van der Waals surface area contributed by atoms with Gasteiger partial charge in [0.15, 0.2) is 0 Å². The molecule has 0 amide bonds. The second-order valence-electron chi connectivity index (χ2n) is 4.41. The molecule has 1 aromatic carbocycles. The SMILES string of the molecule is CCNC(Cc1ccc(C(F)(F)F)cc1)c1cncs1. The third-order valence-corrected chi connectivity index (χ3v) is 3.86. The summed E-state index contributed by atoms with van der Waals surface area (Å²) in [6.45, 7) is 2.80. The molecule has 1 atom stereocenters. The molecule has 0 aliphatic rings. The molecule has 6 heteroatoms. The lowest BCUT2D eigenvalue weighted by atomic mass is 10.0. The molecular formula is C14H15F3N2S. The van der Waals surface area contributed by atoms with Crippen molar-refractivity contribution in [3.8, 4) is 0 Å². The Morgan fingerprint density at radius 3 is 2.45 bits per heavy atom. The molecule has 1 unspecified atom stereocenters. The van der Waals surface area contributed by atoms with E-state index in [1.807, 2.05) is 6.92 Å². The summed E-state index contributed by atoms with van der Waals surface area (Å²) in [5.74, 6) is 0. The summed E-state index contributed by atoms with van der Waals surface area (Å²) >= 11 is 1.54. The molecule has 2 nitrogen and oxygen atoms in total. The van der Waals surface area contributed by atoms with Crippen LogP contribution in [0.4, 0.5) is 13.2 Å². The fraction of sp³-hybridized carbons (Fsp3) is 0.357. The number of rotatable bonds is 5. The van der Waals surface area contributed by atoms with E-state index in [4.69, 9.17) is 0 Å². The van der Waals surface area contributed by atoms with E-state index in [2.05, 4.69) is 10.3 Å². The standard InChI is InChI=1S/C14H15F3N2S/c1-2-19-12(13-8-18-9-20-13)7-10-3-5-11(6-4-10)14(15,16)17/h3-6,8-9,12,19H,2,7H2,1H3. The third kappa shape index (κ3) is 3.80. The van der Waals surface area contributed by atoms with Gasteiger partial charge < -0.3 is 5.32 Å². The number of thiazole rings is 1. The molecule has 1 N–H and O–H groups in total. The number of hydrogen-bond acceptors (Lipinski definition) is 3. The summed E-state index contributed by atoms with van der Waals surface area (Å²) in [4.78, 5) is 5.13. The van der Waals surface area contributed by atoms with Gasteiger partial charge in [-0.05, 0) is 30.7 Å². The molecule has 1 aromatic heterocycles. The van der Waals surface area contributed by atoms with Crippen molar-refractivity contribution in [2.24, 2.45) is 0 Å². The average Bonchev–Trinajstić information content (AvgIpc) is 2.91. The Hall–Kier alpha value is -1.40. The highest BCUT2D eigenvalue weighted by Crippen LogP contribution is 2.30. The Kier molecular flexibility index (Phi) is 4.77. The maximum absolute atomic E-state index is 12.5. The lowest BCUT2D eigenvalue weighted by molar-refractivity contribution is -0.137. The molecule has 0 saturated heterocycles. The highest BCUT2D eigenvalue weighted by atomic mass is 32.1. The van der Waals surface area contributed by atoms with E-state index in [1.165, 1.54) is 12.1 Å². The quantitative estimate of drug-likeness (QED) is 0.901. The smallest absolute Gasteiger partial charge is 0.309 e. The zero-order valence-electron chi connectivity index (χ0n) is 10.9. The molecule has 2 rings (SSSR count). The molecule has 0 aliphatic heterocycles. The maximum atomic E-state index is 12.5. The van der Waals surface area contributed by atoms with E-state index >= 15 is 0 Å². The fourth-order valence-corrected chi connectivity index (χ4v) is 2.68. The van der Waals surface area contributed by atoms with Gasteiger partial charge in [0.1, 0.15) is 0 Å². The van der Waals surface area contributed by atoms with Crippen LogP contribution in [0.25, 0.3) is 0 Å². The summed E-state index contributed by atoms with van der Waals surface area (Å²) in [5.41, 5.74) is 2.02. The van der Waals surface area contributed by atoms with E-state index in [-0.39, 0.29) is 6.04 Å². The van der Waals surface area contributed by atoms with Crippen LogP contribution in [0.15, 0.2) is 36.0 Å². The highest BCUT2D eigenvalue weighted by molar-refractivity contribution is 7.09. The number of hydrogen-bond donors (Lipinski definition) is 1. The molecule has 0 fully saturated rings. The van der Waals surface area contributed by atoms with E-state index in [0.29, 0.717) is 6.42 Å². The topological polar surface area (TPSA) is 24.9 Å². The molecule has 108 valence electrons. The van der Waals surface area contributed by atoms with Gasteiger partial charge in [-0.25, -0.2) is 0 Å². The van der Waals surface area contributed by atoms with Crippen LogP contribution >= 0.6 is 11.3 Å². The van der Waals surface area contributed by atoms with Gasteiger partial charge in [-0.2, -0.15) is 13.2 Å². The van der Waals surface area contributed by atoms with Crippen molar-refractivity contribution in [1.82, 2.24) is 10.3 Å². The van der Waals surface area contributed by atoms with Crippen molar-refractivity contribution in [3.63, 3.8) is 0 Å². The van der Waals surface area contributed by atoms with Gasteiger partial charge in [-0.3, -0.25) is 4.98 Å². The minimum atomic E-state index is -4.28. The van der Waals surface area contributed by atoms with E-state index in [1.54, 1.807) is 23.0 Å². The van der Waals surface area contributed by atoms with Gasteiger partial charge in [-0.15, -0.1) is 11.3 Å². The first kappa shape index (κ1) is 15.0. The van der Waals surface area contributed by atoms with Gasteiger partial charge >= 0.3 is 6.18 Å². The van der Waals surface area contributed by atoms with Crippen molar-refractivity contribution in [2.75, 3.05) is 6.54 Å². The predicted molar refractivity (Wildman–Crippen MR) is 73.7 cm³/mol. The van der Waals surface area contributed by atoms with Crippen molar-refractivity contribution in [3.05, 3.63) is 52.0 Å². The minimum absolute atomic E-state index is 0.0873. The van der Waals surface area contributed by atoms with E-state index < -0.39 is 11.7 Å². The van der Waals surface area contributed by atoms with Crippen LogP contribution in [0.3, 0.4) is 0 Å². The summed E-state index contributed by atoms with van der Waals surface area (Å²) < 4.78 is 37.5. The molecule has 0 radical (unpaired) electrons. The molecule has 0 saturated carbocycles. The van der Waals surface area contributed by atoms with Gasteiger partial charge in [0, 0.05) is 17.1 Å². The lowest BCUT2D eigenvalue weighted by Gasteiger charge is -2.16. The summed E-state index contributed by atoms with van der Waals surface area (Å²) in [5, 5.41) is 3.33. The first-order valence-corrected chi connectivity index (χ1v) is 7.16. The summed E-state index contributed by atoms with van der Waals surface area (Å²) in [6.07, 6.45) is -1.84. The number of alkyl halides is 3. The van der Waals surface area contributed by atoms with Crippen molar-refractivity contribution >= 4 is 11.3 Å². The van der Waals surface area contributed by atoms with Crippen LogP contribution in [0.2, 0.25) is 0 Å². The zero-order valence-corrected chi connectivity index (χ0v) is 11.8. The number of likely N-dealkylation sites (N-methyl/N-ethyl adjacent to an activating group) is 1. The Labute approximate surface area is 119 Å². The Morgan fingerprint density at radius 2 is 1.95 bits per heavy atom. The van der Waals surface area contributed by atoms with Crippen LogP contribution in [-0.4, -0.2) is 11.5 Å². The monoisotopic (exact) mass is 300 g/mol. The van der Waals surface area contributed by atoms with Gasteiger partial charge in [0.05, 0.1) is 11.1 Å². The minimum Gasteiger partial charge on any atom is -0.309 e. The van der Waals surface area contributed by atoms with E-state index in [0.717, 1.165) is 29.1 Å². The molecule has 0 spiro atoms. The average molecular weight is 300 g/mol. The van der Waals surface area contributed by atoms with Crippen molar-refractivity contribution in [1.29, 1.82) is 0 Å². The molecule has 20 heavy (non-hydrogen) atoms. The maximum Gasteiger partial charge on any atom is 0.416 e. The van der Waals surface area contributed by atoms with E-state index in [9.17, 15) is 13.2 Å². The Balaban J connectivity index is 2.11. The second-order valence-corrected chi connectivity index (χ2v) is 5.33. The van der Waals surface area contributed by atoms with Crippen LogP contribution in [-0.2, 0) is 12.6 Å². The normalized spacial score (nSPS) is 13.4. The van der Waals surface area contributed by atoms with Gasteiger partial charge in [-0.1, -0.05) is 19.1 Å². The Morgan fingerprint density at radius 1 is 1.25 bits per heavy atom. The number of halogens is 3. The van der Waals surface area contributed by atoms with Gasteiger partial charge in [0.2, 0.25) is 0 Å². The highest BCUT2D eigenvalue weighted by Gasteiger charge is 2.30. The first-order chi connectivity index (χ1) is 9.50. The lowest BCUT2D eigenvalue weighted by Crippen LogP contribution is -2.22. The first-order valence-electron chi connectivity index (χ1n) is 6.28. The van der Waals surface area contributed by atoms with Crippen LogP contribution in [0.5, 0.6) is 0 Å². The zero-order chi connectivity index (χ0) is 14.6. The number of benzene rings is 1. The number of nitrogens with one attached hydrogen (secondary N) is 1. The summed E-state index contributed by atoms with van der Waals surface area (Å²) in [6, 6.07) is 5.42. The predicted octanol–water partition coefficient (Wildman–Crippen LogP) is 4.06. The Bertz CT molecular complexity index is 520. The largest absolute Gasteiger partial charge is 0.416 e. The second kappa shape index (κ2) is 6.37. The van der Waals surface area contributed by atoms with Crippen LogP contribution in [0.1, 0.15) is 29.0 Å². The fourth-order valence-electron chi connectivity index (χ4n) is 1.98. The third-order valence-electron chi connectivity index (χ3n) is 2.97. The van der Waals surface area contributed by atoms with Crippen molar-refractivity contribution < 1.29 is 13.2 Å². The number of nitrogens with zero attached hydrogens (tertiary/aromatic N) is 1. The van der Waals surface area contributed by atoms with Crippen LogP contribution < -0.4 is 5.32 Å². The van der Waals surface area contributed by atoms with Crippen LogP contribution in [0, 0.1) is 0 Å². The molecule has 0 bridgehead atoms. The van der Waals surface area contributed by atoms with Gasteiger partial charge in [0.25, 0.3) is 0 Å². The molecule has 0 aliphatic carbocycles.